The lowest BCUT2D eigenvalue weighted by atomic mass is 10.1. The Morgan fingerprint density at radius 3 is 2.69 bits per heavy atom. The minimum absolute atomic E-state index is 0.0382. The number of nitriles is 1. The van der Waals surface area contributed by atoms with Crippen molar-refractivity contribution in [1.82, 2.24) is 0 Å². The minimum Gasteiger partial charge on any atom is -0.457 e. The highest BCUT2D eigenvalue weighted by atomic mass is 16.7. The molecule has 0 aromatic carbocycles. The van der Waals surface area contributed by atoms with E-state index in [1.54, 1.807) is 6.92 Å². The Hall–Kier alpha value is -1.50. The maximum atomic E-state index is 11.0. The van der Waals surface area contributed by atoms with Crippen LogP contribution >= 0.6 is 0 Å². The van der Waals surface area contributed by atoms with Crippen molar-refractivity contribution in [2.24, 2.45) is 0 Å². The quantitative estimate of drug-likeness (QED) is 0.659. The third-order valence-electron chi connectivity index (χ3n) is 1.82. The van der Waals surface area contributed by atoms with Gasteiger partial charge in [-0.15, -0.1) is 0 Å². The molecule has 1 rings (SSSR count). The topological polar surface area (TPSA) is 59.3 Å². The summed E-state index contributed by atoms with van der Waals surface area (Å²) in [6, 6.07) is 1.81. The Kier molecular flexibility index (Phi) is 2.91. The van der Waals surface area contributed by atoms with Crippen LogP contribution in [0.25, 0.3) is 0 Å². The Bertz CT molecular complexity index is 257. The van der Waals surface area contributed by atoms with Gasteiger partial charge in [0.1, 0.15) is 18.3 Å². The lowest BCUT2D eigenvalue weighted by molar-refractivity contribution is -0.139. The molecule has 70 valence electrons. The largest absolute Gasteiger partial charge is 0.457 e. The molecular weight excluding hydrogens is 170 g/mol. The van der Waals surface area contributed by atoms with Crippen molar-refractivity contribution < 1.29 is 14.3 Å². The summed E-state index contributed by atoms with van der Waals surface area (Å²) in [7, 11) is 0. The summed E-state index contributed by atoms with van der Waals surface area (Å²) >= 11 is 0. The molecule has 0 saturated carbocycles. The first-order chi connectivity index (χ1) is 6.16. The lowest BCUT2D eigenvalue weighted by Crippen LogP contribution is -2.26. The molecule has 0 aromatic rings. The van der Waals surface area contributed by atoms with E-state index >= 15 is 0 Å². The van der Waals surface area contributed by atoms with Gasteiger partial charge in [-0.05, 0) is 0 Å². The zero-order chi connectivity index (χ0) is 9.73. The van der Waals surface area contributed by atoms with E-state index < -0.39 is 5.79 Å². The molecule has 0 bridgehead atoms. The molecule has 0 atom stereocenters. The Morgan fingerprint density at radius 2 is 2.15 bits per heavy atom. The number of Topliss-reactive ketones (excluding diaryl/α,β-unsaturated/α-hetero) is 1. The van der Waals surface area contributed by atoms with E-state index in [-0.39, 0.29) is 12.2 Å². The number of nitrogens with zero attached hydrogens (tertiary/aromatic N) is 1. The Labute approximate surface area is 76.7 Å². The Balaban J connectivity index is 2.26. The van der Waals surface area contributed by atoms with E-state index in [4.69, 9.17) is 14.7 Å². The number of hydrogen-bond acceptors (Lipinski definition) is 4. The summed E-state index contributed by atoms with van der Waals surface area (Å²) in [5.41, 5.74) is 0. The van der Waals surface area contributed by atoms with E-state index in [0.29, 0.717) is 12.8 Å². The first-order valence-corrected chi connectivity index (χ1v) is 4.05. The van der Waals surface area contributed by atoms with Crippen molar-refractivity contribution in [1.29, 1.82) is 5.26 Å². The number of carbonyl (C=O) groups is 1. The van der Waals surface area contributed by atoms with Crippen LogP contribution in [0, 0.1) is 11.3 Å². The van der Waals surface area contributed by atoms with Crippen LogP contribution in [0.3, 0.4) is 0 Å². The monoisotopic (exact) mass is 181 g/mol. The number of ketones is 1. The van der Waals surface area contributed by atoms with E-state index in [1.807, 2.05) is 6.07 Å². The van der Waals surface area contributed by atoms with Gasteiger partial charge in [-0.2, -0.15) is 5.26 Å². The standard InChI is InChI=1S/C9H11NO3/c1-9(12-6-7-13-9)4-2-8(11)3-5-10/h6-7H,2-4H2,1H3. The van der Waals surface area contributed by atoms with Gasteiger partial charge >= 0.3 is 0 Å². The molecule has 13 heavy (non-hydrogen) atoms. The summed E-state index contributed by atoms with van der Waals surface area (Å²) < 4.78 is 10.3. The van der Waals surface area contributed by atoms with Gasteiger partial charge in [0.25, 0.3) is 0 Å². The van der Waals surface area contributed by atoms with Crippen molar-refractivity contribution in [2.45, 2.75) is 32.0 Å². The summed E-state index contributed by atoms with van der Waals surface area (Å²) in [5, 5.41) is 8.25. The van der Waals surface area contributed by atoms with Gasteiger partial charge in [0.05, 0.1) is 12.5 Å². The van der Waals surface area contributed by atoms with Crippen LogP contribution in [-0.2, 0) is 14.3 Å². The van der Waals surface area contributed by atoms with Crippen LogP contribution in [0.2, 0.25) is 0 Å². The van der Waals surface area contributed by atoms with Crippen molar-refractivity contribution >= 4 is 5.78 Å². The molecule has 0 unspecified atom stereocenters. The first-order valence-electron chi connectivity index (χ1n) is 4.05. The molecule has 1 aliphatic heterocycles. The molecule has 4 heteroatoms. The molecule has 0 fully saturated rings. The normalized spacial score (nSPS) is 17.2. The molecule has 0 N–H and O–H groups in total. The molecule has 0 saturated heterocycles. The molecule has 4 nitrogen and oxygen atoms in total. The third kappa shape index (κ3) is 2.79. The van der Waals surface area contributed by atoms with Gasteiger partial charge in [0.15, 0.2) is 0 Å². The predicted octanol–water partition coefficient (Wildman–Crippen LogP) is 1.48. The van der Waals surface area contributed by atoms with E-state index in [0.717, 1.165) is 0 Å². The number of carbonyl (C=O) groups excluding carboxylic acids is 1. The van der Waals surface area contributed by atoms with Crippen molar-refractivity contribution in [3.63, 3.8) is 0 Å². The van der Waals surface area contributed by atoms with Gasteiger partial charge in [0, 0.05) is 19.8 Å². The highest BCUT2D eigenvalue weighted by molar-refractivity contribution is 5.80. The van der Waals surface area contributed by atoms with Crippen LogP contribution < -0.4 is 0 Å². The molecule has 1 aliphatic rings. The van der Waals surface area contributed by atoms with Gasteiger partial charge in [-0.3, -0.25) is 4.79 Å². The smallest absolute Gasteiger partial charge is 0.247 e. The second kappa shape index (κ2) is 3.94. The molecular formula is C9H11NO3. The third-order valence-corrected chi connectivity index (χ3v) is 1.82. The average Bonchev–Trinajstić information content (AvgIpc) is 2.51. The summed E-state index contributed by atoms with van der Waals surface area (Å²) in [6.45, 7) is 1.76. The number of hydrogen-bond donors (Lipinski definition) is 0. The maximum absolute atomic E-state index is 11.0. The fraction of sp³-hybridized carbons (Fsp3) is 0.556. The highest BCUT2D eigenvalue weighted by Gasteiger charge is 2.29. The van der Waals surface area contributed by atoms with Crippen molar-refractivity contribution in [2.75, 3.05) is 0 Å². The zero-order valence-electron chi connectivity index (χ0n) is 7.45. The molecule has 0 aliphatic carbocycles. The SMILES string of the molecule is CC1(CCC(=O)CC#N)OC=CO1. The first kappa shape index (κ1) is 9.59. The van der Waals surface area contributed by atoms with E-state index in [2.05, 4.69) is 0 Å². The van der Waals surface area contributed by atoms with Gasteiger partial charge in [-0.1, -0.05) is 0 Å². The molecule has 0 spiro atoms. The molecule has 1 heterocycles. The Morgan fingerprint density at radius 1 is 1.54 bits per heavy atom. The summed E-state index contributed by atoms with van der Waals surface area (Å²) in [5.74, 6) is -0.798. The van der Waals surface area contributed by atoms with Crippen molar-refractivity contribution in [3.05, 3.63) is 12.5 Å². The van der Waals surface area contributed by atoms with Gasteiger partial charge in [0.2, 0.25) is 5.79 Å². The van der Waals surface area contributed by atoms with Crippen LogP contribution in [0.1, 0.15) is 26.2 Å². The summed E-state index contributed by atoms with van der Waals surface area (Å²) in [4.78, 5) is 11.0. The van der Waals surface area contributed by atoms with Crippen LogP contribution in [0.5, 0.6) is 0 Å². The average molecular weight is 181 g/mol. The molecule has 0 aromatic heterocycles. The minimum atomic E-state index is -0.717. The van der Waals surface area contributed by atoms with Crippen LogP contribution in [-0.4, -0.2) is 11.6 Å². The van der Waals surface area contributed by atoms with Crippen LogP contribution in [0.4, 0.5) is 0 Å². The maximum Gasteiger partial charge on any atom is 0.247 e. The predicted molar refractivity (Wildman–Crippen MR) is 44.2 cm³/mol. The number of rotatable bonds is 4. The second-order valence-corrected chi connectivity index (χ2v) is 3.02. The van der Waals surface area contributed by atoms with Crippen LogP contribution in [0.15, 0.2) is 12.5 Å². The fourth-order valence-electron chi connectivity index (χ4n) is 1.03. The fourth-order valence-corrected chi connectivity index (χ4v) is 1.03. The summed E-state index contributed by atoms with van der Waals surface area (Å²) in [6.07, 6.45) is 3.65. The van der Waals surface area contributed by atoms with Crippen molar-refractivity contribution in [3.8, 4) is 6.07 Å². The molecule has 0 radical (unpaired) electrons. The lowest BCUT2D eigenvalue weighted by Gasteiger charge is -2.22. The second-order valence-electron chi connectivity index (χ2n) is 3.02. The van der Waals surface area contributed by atoms with E-state index in [1.165, 1.54) is 12.5 Å². The van der Waals surface area contributed by atoms with Gasteiger partial charge in [-0.25, -0.2) is 0 Å². The zero-order valence-corrected chi connectivity index (χ0v) is 7.45. The van der Waals surface area contributed by atoms with E-state index in [9.17, 15) is 4.79 Å². The number of ether oxygens (including phenoxy) is 2. The highest BCUT2D eigenvalue weighted by Crippen LogP contribution is 2.24. The van der Waals surface area contributed by atoms with Gasteiger partial charge < -0.3 is 9.47 Å². The molecule has 0 amide bonds.